The Hall–Kier alpha value is -1.63. The zero-order valence-electron chi connectivity index (χ0n) is 14.9. The number of hydrogen-bond donors (Lipinski definition) is 0. The van der Waals surface area contributed by atoms with Crippen LogP contribution in [0.1, 0.15) is 40.0 Å². The van der Waals surface area contributed by atoms with Crippen LogP contribution in [0.4, 0.5) is 9.18 Å². The summed E-state index contributed by atoms with van der Waals surface area (Å²) >= 11 is 0. The van der Waals surface area contributed by atoms with Crippen LogP contribution in [-0.2, 0) is 19.0 Å². The summed E-state index contributed by atoms with van der Waals surface area (Å²) < 4.78 is 29.0. The van der Waals surface area contributed by atoms with Gasteiger partial charge in [0.05, 0.1) is 26.3 Å². The van der Waals surface area contributed by atoms with Crippen LogP contribution in [0, 0.1) is 0 Å². The van der Waals surface area contributed by atoms with E-state index in [9.17, 15) is 14.0 Å². The Kier molecular flexibility index (Phi) is 8.18. The molecule has 0 aliphatic carbocycles. The van der Waals surface area contributed by atoms with Crippen molar-refractivity contribution in [3.8, 4) is 0 Å². The quantitative estimate of drug-likeness (QED) is 0.403. The molecular formula is C17H28FNO5. The first-order valence-electron chi connectivity index (χ1n) is 8.19. The van der Waals surface area contributed by atoms with E-state index >= 15 is 0 Å². The number of likely N-dealkylation sites (tertiary alicyclic amines) is 1. The van der Waals surface area contributed by atoms with Gasteiger partial charge in [0.25, 0.3) is 0 Å². The fourth-order valence-corrected chi connectivity index (χ4v) is 2.33. The Labute approximate surface area is 142 Å². The molecule has 0 aromatic carbocycles. The van der Waals surface area contributed by atoms with Gasteiger partial charge in [-0.25, -0.2) is 14.0 Å². The highest BCUT2D eigenvalue weighted by Gasteiger charge is 2.37. The van der Waals surface area contributed by atoms with Crippen LogP contribution in [0.5, 0.6) is 0 Å². The minimum atomic E-state index is -1.05. The molecule has 0 aromatic rings. The summed E-state index contributed by atoms with van der Waals surface area (Å²) in [5.41, 5.74) is -0.608. The van der Waals surface area contributed by atoms with E-state index in [4.69, 9.17) is 9.47 Å². The molecule has 0 N–H and O–H groups in total. The fraction of sp³-hybridized carbons (Fsp3) is 0.765. The van der Waals surface area contributed by atoms with Crippen LogP contribution in [-0.4, -0.2) is 61.6 Å². The SMILES string of the molecule is COC(=O)/C=C/CCCOC[C@@H]1C[C@H](F)CN1C(=O)OC(C)(C)C. The van der Waals surface area contributed by atoms with Crippen molar-refractivity contribution in [1.82, 2.24) is 4.90 Å². The lowest BCUT2D eigenvalue weighted by molar-refractivity contribution is -0.134. The lowest BCUT2D eigenvalue weighted by Gasteiger charge is -2.28. The van der Waals surface area contributed by atoms with Gasteiger partial charge in [-0.15, -0.1) is 0 Å². The van der Waals surface area contributed by atoms with Gasteiger partial charge in [-0.3, -0.25) is 4.90 Å². The number of unbranched alkanes of at least 4 members (excludes halogenated alkanes) is 1. The first-order chi connectivity index (χ1) is 11.2. The summed E-state index contributed by atoms with van der Waals surface area (Å²) in [6, 6.07) is -0.305. The predicted molar refractivity (Wildman–Crippen MR) is 87.5 cm³/mol. The summed E-state index contributed by atoms with van der Waals surface area (Å²) in [7, 11) is 1.33. The smallest absolute Gasteiger partial charge is 0.410 e. The number of nitrogens with zero attached hydrogens (tertiary/aromatic N) is 1. The van der Waals surface area contributed by atoms with E-state index in [-0.39, 0.29) is 31.6 Å². The molecule has 0 radical (unpaired) electrons. The Balaban J connectivity index is 2.31. The molecule has 24 heavy (non-hydrogen) atoms. The van der Waals surface area contributed by atoms with Crippen LogP contribution in [0.3, 0.4) is 0 Å². The summed E-state index contributed by atoms with van der Waals surface area (Å²) in [6.07, 6.45) is 3.21. The summed E-state index contributed by atoms with van der Waals surface area (Å²) in [4.78, 5) is 24.4. The van der Waals surface area contributed by atoms with Crippen LogP contribution in [0.2, 0.25) is 0 Å². The molecule has 0 bridgehead atoms. The first-order valence-corrected chi connectivity index (χ1v) is 8.19. The number of hydrogen-bond acceptors (Lipinski definition) is 5. The second-order valence-electron chi connectivity index (χ2n) is 6.76. The molecule has 1 aliphatic rings. The molecule has 1 fully saturated rings. The average molecular weight is 345 g/mol. The molecule has 0 aromatic heterocycles. The number of halogens is 1. The van der Waals surface area contributed by atoms with Crippen molar-refractivity contribution in [2.24, 2.45) is 0 Å². The van der Waals surface area contributed by atoms with Gasteiger partial charge in [0, 0.05) is 19.1 Å². The lowest BCUT2D eigenvalue weighted by atomic mass is 10.2. The largest absolute Gasteiger partial charge is 0.466 e. The van der Waals surface area contributed by atoms with Crippen molar-refractivity contribution < 1.29 is 28.2 Å². The van der Waals surface area contributed by atoms with E-state index in [0.29, 0.717) is 13.0 Å². The minimum absolute atomic E-state index is 0.0464. The van der Waals surface area contributed by atoms with Gasteiger partial charge in [-0.05, 0) is 33.6 Å². The van der Waals surface area contributed by atoms with E-state index in [1.165, 1.54) is 18.1 Å². The Morgan fingerprint density at radius 2 is 2.04 bits per heavy atom. The van der Waals surface area contributed by atoms with Crippen molar-refractivity contribution in [3.63, 3.8) is 0 Å². The lowest BCUT2D eigenvalue weighted by Crippen LogP contribution is -2.42. The third-order valence-electron chi connectivity index (χ3n) is 3.42. The van der Waals surface area contributed by atoms with Gasteiger partial charge < -0.3 is 14.2 Å². The van der Waals surface area contributed by atoms with Gasteiger partial charge in [-0.1, -0.05) is 6.08 Å². The molecule has 138 valence electrons. The molecule has 1 aliphatic heterocycles. The molecule has 7 heteroatoms. The summed E-state index contributed by atoms with van der Waals surface area (Å²) in [5, 5.41) is 0. The second-order valence-corrected chi connectivity index (χ2v) is 6.76. The van der Waals surface area contributed by atoms with Crippen molar-refractivity contribution >= 4 is 12.1 Å². The summed E-state index contributed by atoms with van der Waals surface area (Å²) in [5.74, 6) is -0.385. The highest BCUT2D eigenvalue weighted by molar-refractivity contribution is 5.81. The number of methoxy groups -OCH3 is 1. The van der Waals surface area contributed by atoms with Crippen LogP contribution >= 0.6 is 0 Å². The van der Waals surface area contributed by atoms with Crippen molar-refractivity contribution in [3.05, 3.63) is 12.2 Å². The topological polar surface area (TPSA) is 65.1 Å². The van der Waals surface area contributed by atoms with Gasteiger partial charge in [-0.2, -0.15) is 0 Å². The molecule has 0 saturated carbocycles. The zero-order valence-corrected chi connectivity index (χ0v) is 14.9. The number of amides is 1. The Bertz CT molecular complexity index is 447. The molecule has 1 saturated heterocycles. The minimum Gasteiger partial charge on any atom is -0.466 e. The molecule has 0 spiro atoms. The van der Waals surface area contributed by atoms with E-state index in [2.05, 4.69) is 4.74 Å². The molecule has 1 rings (SSSR count). The highest BCUT2D eigenvalue weighted by Crippen LogP contribution is 2.23. The van der Waals surface area contributed by atoms with Crippen molar-refractivity contribution in [2.45, 2.75) is 57.8 Å². The van der Waals surface area contributed by atoms with E-state index in [1.807, 2.05) is 0 Å². The second kappa shape index (κ2) is 9.61. The van der Waals surface area contributed by atoms with Crippen LogP contribution in [0.25, 0.3) is 0 Å². The molecule has 2 atom stereocenters. The fourth-order valence-electron chi connectivity index (χ4n) is 2.33. The number of allylic oxidation sites excluding steroid dienone is 1. The van der Waals surface area contributed by atoms with Crippen LogP contribution in [0.15, 0.2) is 12.2 Å². The van der Waals surface area contributed by atoms with Crippen molar-refractivity contribution in [1.29, 1.82) is 0 Å². The summed E-state index contributed by atoms with van der Waals surface area (Å²) in [6.45, 7) is 6.13. The maximum absolute atomic E-state index is 13.6. The van der Waals surface area contributed by atoms with Gasteiger partial charge >= 0.3 is 12.1 Å². The molecule has 1 heterocycles. The van der Waals surface area contributed by atoms with E-state index in [0.717, 1.165) is 6.42 Å². The number of rotatable bonds is 7. The number of carbonyl (C=O) groups excluding carboxylic acids is 2. The monoisotopic (exact) mass is 345 g/mol. The van der Waals surface area contributed by atoms with Gasteiger partial charge in [0.1, 0.15) is 11.8 Å². The first kappa shape index (κ1) is 20.4. The van der Waals surface area contributed by atoms with E-state index in [1.54, 1.807) is 26.8 Å². The molecule has 0 unspecified atom stereocenters. The van der Waals surface area contributed by atoms with Crippen molar-refractivity contribution in [2.75, 3.05) is 26.9 Å². The third kappa shape index (κ3) is 7.77. The third-order valence-corrected chi connectivity index (χ3v) is 3.42. The highest BCUT2D eigenvalue weighted by atomic mass is 19.1. The van der Waals surface area contributed by atoms with Crippen LogP contribution < -0.4 is 0 Å². The normalized spacial score (nSPS) is 21.3. The number of ether oxygens (including phenoxy) is 3. The van der Waals surface area contributed by atoms with Gasteiger partial charge in [0.2, 0.25) is 0 Å². The molecular weight excluding hydrogens is 317 g/mol. The maximum atomic E-state index is 13.6. The molecule has 6 nitrogen and oxygen atoms in total. The van der Waals surface area contributed by atoms with E-state index < -0.39 is 17.9 Å². The average Bonchev–Trinajstić information content (AvgIpc) is 2.85. The Morgan fingerprint density at radius 3 is 2.67 bits per heavy atom. The Morgan fingerprint density at radius 1 is 1.33 bits per heavy atom. The number of esters is 1. The molecule has 1 amide bonds. The number of carbonyl (C=O) groups is 2. The number of alkyl halides is 1. The zero-order chi connectivity index (χ0) is 18.2. The predicted octanol–water partition coefficient (Wildman–Crippen LogP) is 2.86. The maximum Gasteiger partial charge on any atom is 0.410 e. The standard InChI is InChI=1S/C17H28FNO5/c1-17(2,3)24-16(21)19-11-13(18)10-14(19)12-23-9-7-5-6-8-15(20)22-4/h6,8,13-14H,5,7,9-12H2,1-4H3/b8-6+/t13-,14-/m0/s1. The van der Waals surface area contributed by atoms with Gasteiger partial charge in [0.15, 0.2) is 0 Å².